The standard InChI is InChI=1S/C21H18N6O2S2/c1-12-13(2)31-19-17(12)20(29)26(3)21(25-19)30-11-16(28)24-18-14(9-22)10-23-27(18)15-7-5-4-6-8-15/h4-8,10H,11H2,1-3H3,(H,24,28). The Bertz CT molecular complexity index is 1400. The first-order valence-corrected chi connectivity index (χ1v) is 11.1. The summed E-state index contributed by atoms with van der Waals surface area (Å²) in [5.74, 6) is 0.00753. The highest BCUT2D eigenvalue weighted by Crippen LogP contribution is 2.28. The van der Waals surface area contributed by atoms with E-state index in [1.807, 2.05) is 50.2 Å². The molecule has 0 fully saturated rings. The summed E-state index contributed by atoms with van der Waals surface area (Å²) in [5, 5.41) is 17.5. The number of carbonyl (C=O) groups is 1. The highest BCUT2D eigenvalue weighted by atomic mass is 32.2. The molecule has 156 valence electrons. The number of aryl methyl sites for hydroxylation is 2. The van der Waals surface area contributed by atoms with Crippen LogP contribution in [-0.4, -0.2) is 31.0 Å². The number of fused-ring (bicyclic) bond motifs is 1. The van der Waals surface area contributed by atoms with Gasteiger partial charge in [0.1, 0.15) is 16.5 Å². The van der Waals surface area contributed by atoms with Crippen LogP contribution in [0.3, 0.4) is 0 Å². The van der Waals surface area contributed by atoms with Gasteiger partial charge in [-0.05, 0) is 31.5 Å². The zero-order valence-electron chi connectivity index (χ0n) is 17.0. The van der Waals surface area contributed by atoms with Crippen molar-refractivity contribution in [2.45, 2.75) is 19.0 Å². The smallest absolute Gasteiger partial charge is 0.262 e. The minimum atomic E-state index is -0.327. The summed E-state index contributed by atoms with van der Waals surface area (Å²) >= 11 is 2.64. The van der Waals surface area contributed by atoms with Crippen molar-refractivity contribution in [1.82, 2.24) is 19.3 Å². The van der Waals surface area contributed by atoms with Gasteiger partial charge >= 0.3 is 0 Å². The van der Waals surface area contributed by atoms with Gasteiger partial charge < -0.3 is 5.32 Å². The number of anilines is 1. The third-order valence-corrected chi connectivity index (χ3v) is 6.98. The van der Waals surface area contributed by atoms with Crippen LogP contribution < -0.4 is 10.9 Å². The molecule has 0 saturated carbocycles. The van der Waals surface area contributed by atoms with Crippen LogP contribution in [0, 0.1) is 25.2 Å². The fraction of sp³-hybridized carbons (Fsp3) is 0.190. The number of thiophene rings is 1. The van der Waals surface area contributed by atoms with Crippen molar-refractivity contribution in [2.24, 2.45) is 7.05 Å². The lowest BCUT2D eigenvalue weighted by Gasteiger charge is -2.10. The summed E-state index contributed by atoms with van der Waals surface area (Å²) in [6.07, 6.45) is 1.41. The van der Waals surface area contributed by atoms with E-state index < -0.39 is 0 Å². The van der Waals surface area contributed by atoms with E-state index in [2.05, 4.69) is 15.4 Å². The number of nitriles is 1. The second-order valence-corrected chi connectivity index (χ2v) is 8.97. The lowest BCUT2D eigenvalue weighted by molar-refractivity contribution is -0.113. The molecule has 0 aliphatic carbocycles. The maximum Gasteiger partial charge on any atom is 0.262 e. The molecule has 0 saturated heterocycles. The molecule has 0 spiro atoms. The fourth-order valence-corrected chi connectivity index (χ4v) is 4.94. The minimum absolute atomic E-state index is 0.0277. The summed E-state index contributed by atoms with van der Waals surface area (Å²) in [7, 11) is 1.65. The Balaban J connectivity index is 1.56. The number of carbonyl (C=O) groups excluding carboxylic acids is 1. The quantitative estimate of drug-likeness (QED) is 0.369. The summed E-state index contributed by atoms with van der Waals surface area (Å²) < 4.78 is 2.98. The van der Waals surface area contributed by atoms with Crippen molar-refractivity contribution >= 4 is 45.0 Å². The molecule has 0 bridgehead atoms. The number of hydrogen-bond donors (Lipinski definition) is 1. The molecular weight excluding hydrogens is 432 g/mol. The number of amides is 1. The van der Waals surface area contributed by atoms with E-state index in [0.29, 0.717) is 21.2 Å². The molecule has 1 N–H and O–H groups in total. The van der Waals surface area contributed by atoms with Crippen molar-refractivity contribution in [3.05, 3.63) is 62.9 Å². The molecule has 3 aromatic heterocycles. The van der Waals surface area contributed by atoms with Gasteiger partial charge in [-0.3, -0.25) is 14.2 Å². The zero-order chi connectivity index (χ0) is 22.1. The Morgan fingerprint density at radius 1 is 1.29 bits per heavy atom. The fourth-order valence-electron chi connectivity index (χ4n) is 3.10. The molecular formula is C21H18N6O2S2. The van der Waals surface area contributed by atoms with E-state index >= 15 is 0 Å². The van der Waals surface area contributed by atoms with Gasteiger partial charge in [0.25, 0.3) is 5.56 Å². The first-order valence-electron chi connectivity index (χ1n) is 9.33. The molecule has 8 nitrogen and oxygen atoms in total. The van der Waals surface area contributed by atoms with Crippen molar-refractivity contribution in [3.63, 3.8) is 0 Å². The normalized spacial score (nSPS) is 10.9. The van der Waals surface area contributed by atoms with Gasteiger partial charge in [0.05, 0.1) is 23.0 Å². The molecule has 4 rings (SSSR count). The molecule has 1 amide bonds. The van der Waals surface area contributed by atoms with Gasteiger partial charge in [-0.1, -0.05) is 30.0 Å². The van der Waals surface area contributed by atoms with Crippen LogP contribution >= 0.6 is 23.1 Å². The molecule has 0 atom stereocenters. The minimum Gasteiger partial charge on any atom is -0.309 e. The van der Waals surface area contributed by atoms with Crippen LogP contribution in [0.15, 0.2) is 46.5 Å². The lowest BCUT2D eigenvalue weighted by atomic mass is 10.2. The second kappa shape index (κ2) is 8.37. The van der Waals surface area contributed by atoms with Crippen molar-refractivity contribution < 1.29 is 4.79 Å². The van der Waals surface area contributed by atoms with Crippen molar-refractivity contribution in [1.29, 1.82) is 5.26 Å². The Morgan fingerprint density at radius 2 is 2.03 bits per heavy atom. The summed E-state index contributed by atoms with van der Waals surface area (Å²) in [6, 6.07) is 11.3. The van der Waals surface area contributed by atoms with Gasteiger partial charge in [0.15, 0.2) is 11.0 Å². The van der Waals surface area contributed by atoms with Gasteiger partial charge in [0.2, 0.25) is 5.91 Å². The largest absolute Gasteiger partial charge is 0.309 e. The Labute approximate surface area is 186 Å². The summed E-state index contributed by atoms with van der Waals surface area (Å²) in [6.45, 7) is 3.88. The van der Waals surface area contributed by atoms with Crippen molar-refractivity contribution in [3.8, 4) is 11.8 Å². The second-order valence-electron chi connectivity index (χ2n) is 6.82. The van der Waals surface area contributed by atoms with E-state index in [-0.39, 0.29) is 22.8 Å². The molecule has 10 heteroatoms. The van der Waals surface area contributed by atoms with E-state index in [0.717, 1.165) is 16.1 Å². The predicted molar refractivity (Wildman–Crippen MR) is 122 cm³/mol. The first kappa shape index (κ1) is 20.8. The Morgan fingerprint density at radius 3 is 2.74 bits per heavy atom. The molecule has 31 heavy (non-hydrogen) atoms. The van der Waals surface area contributed by atoms with Crippen LogP contribution in [-0.2, 0) is 11.8 Å². The van der Waals surface area contributed by atoms with Crippen LogP contribution in [0.4, 0.5) is 5.82 Å². The molecule has 0 aliphatic rings. The number of rotatable bonds is 5. The highest BCUT2D eigenvalue weighted by Gasteiger charge is 2.18. The van der Waals surface area contributed by atoms with Crippen LogP contribution in [0.2, 0.25) is 0 Å². The monoisotopic (exact) mass is 450 g/mol. The number of thioether (sulfide) groups is 1. The summed E-state index contributed by atoms with van der Waals surface area (Å²) in [5.41, 5.74) is 1.81. The molecule has 0 aliphatic heterocycles. The van der Waals surface area contributed by atoms with Gasteiger partial charge in [-0.15, -0.1) is 11.3 Å². The van der Waals surface area contributed by atoms with Crippen LogP contribution in [0.1, 0.15) is 16.0 Å². The SMILES string of the molecule is Cc1sc2nc(SCC(=O)Nc3c(C#N)cnn3-c3ccccc3)n(C)c(=O)c2c1C. The Hall–Kier alpha value is -3.42. The van der Waals surface area contributed by atoms with Gasteiger partial charge in [0, 0.05) is 11.9 Å². The third-order valence-electron chi connectivity index (χ3n) is 4.85. The number of para-hydroxylation sites is 1. The van der Waals surface area contributed by atoms with Crippen LogP contribution in [0.25, 0.3) is 15.9 Å². The maximum absolute atomic E-state index is 12.7. The predicted octanol–water partition coefficient (Wildman–Crippen LogP) is 3.40. The number of benzene rings is 1. The number of hydrogen-bond acceptors (Lipinski definition) is 7. The van der Waals surface area contributed by atoms with Crippen molar-refractivity contribution in [2.75, 3.05) is 11.1 Å². The molecule has 0 radical (unpaired) electrons. The van der Waals surface area contributed by atoms with E-state index in [1.165, 1.54) is 38.5 Å². The van der Waals surface area contributed by atoms with Gasteiger partial charge in [-0.25, -0.2) is 9.67 Å². The number of aromatic nitrogens is 4. The average molecular weight is 451 g/mol. The summed E-state index contributed by atoms with van der Waals surface area (Å²) in [4.78, 5) is 31.7. The maximum atomic E-state index is 12.7. The molecule has 0 unspecified atom stereocenters. The number of nitrogens with one attached hydrogen (secondary N) is 1. The first-order chi connectivity index (χ1) is 14.9. The zero-order valence-corrected chi connectivity index (χ0v) is 18.7. The van der Waals surface area contributed by atoms with E-state index in [1.54, 1.807) is 7.05 Å². The highest BCUT2D eigenvalue weighted by molar-refractivity contribution is 7.99. The topological polar surface area (TPSA) is 106 Å². The third kappa shape index (κ3) is 3.85. The van der Waals surface area contributed by atoms with E-state index in [9.17, 15) is 14.9 Å². The van der Waals surface area contributed by atoms with Crippen LogP contribution in [0.5, 0.6) is 0 Å². The average Bonchev–Trinajstić information content (AvgIpc) is 3.30. The number of nitrogens with zero attached hydrogens (tertiary/aromatic N) is 5. The molecule has 1 aromatic carbocycles. The van der Waals surface area contributed by atoms with Gasteiger partial charge in [-0.2, -0.15) is 10.4 Å². The Kier molecular flexibility index (Phi) is 5.63. The lowest BCUT2D eigenvalue weighted by Crippen LogP contribution is -2.22. The van der Waals surface area contributed by atoms with E-state index in [4.69, 9.17) is 0 Å². The molecule has 4 aromatic rings. The molecule has 3 heterocycles.